The van der Waals surface area contributed by atoms with Gasteiger partial charge in [0, 0.05) is 16.6 Å². The molecule has 0 aliphatic rings. The van der Waals surface area contributed by atoms with Crippen LogP contribution in [0.3, 0.4) is 0 Å². The van der Waals surface area contributed by atoms with E-state index in [4.69, 9.17) is 16.3 Å². The van der Waals surface area contributed by atoms with Crippen molar-refractivity contribution in [3.8, 4) is 0 Å². The summed E-state index contributed by atoms with van der Waals surface area (Å²) in [6.45, 7) is 7.54. The van der Waals surface area contributed by atoms with E-state index in [0.717, 1.165) is 5.56 Å². The van der Waals surface area contributed by atoms with Gasteiger partial charge in [0.15, 0.2) is 0 Å². The molecule has 5 nitrogen and oxygen atoms in total. The molecule has 0 aliphatic carbocycles. The molecule has 1 N–H and O–H groups in total. The van der Waals surface area contributed by atoms with E-state index >= 15 is 0 Å². The van der Waals surface area contributed by atoms with Gasteiger partial charge in [-0.05, 0) is 37.5 Å². The SMILES string of the molecule is CCOC(=O)c1cn([C@H](CO)C(C)C)c2cc(C)c(Cl)cc2c1=O. The molecule has 0 aliphatic heterocycles. The van der Waals surface area contributed by atoms with Gasteiger partial charge < -0.3 is 14.4 Å². The number of hydrogen-bond donors (Lipinski definition) is 1. The maximum Gasteiger partial charge on any atom is 0.343 e. The molecule has 1 aromatic heterocycles. The van der Waals surface area contributed by atoms with Crippen LogP contribution in [-0.2, 0) is 4.74 Å². The van der Waals surface area contributed by atoms with Crippen LogP contribution in [0.1, 0.15) is 42.7 Å². The third-order valence-corrected chi connectivity index (χ3v) is 4.53. The number of aromatic nitrogens is 1. The molecule has 0 spiro atoms. The number of halogens is 1. The third kappa shape index (κ3) is 3.32. The molecule has 0 bridgehead atoms. The Hall–Kier alpha value is -1.85. The monoisotopic (exact) mass is 351 g/mol. The first-order chi connectivity index (χ1) is 11.3. The lowest BCUT2D eigenvalue weighted by atomic mass is 10.0. The van der Waals surface area contributed by atoms with Gasteiger partial charge in [-0.2, -0.15) is 0 Å². The van der Waals surface area contributed by atoms with Crippen molar-refractivity contribution in [3.63, 3.8) is 0 Å². The van der Waals surface area contributed by atoms with Crippen LogP contribution in [0.25, 0.3) is 10.9 Å². The van der Waals surface area contributed by atoms with Crippen LogP contribution in [0.5, 0.6) is 0 Å². The molecule has 130 valence electrons. The Morgan fingerprint density at radius 2 is 2.04 bits per heavy atom. The van der Waals surface area contributed by atoms with Crippen LogP contribution in [0, 0.1) is 12.8 Å². The minimum Gasteiger partial charge on any atom is -0.462 e. The summed E-state index contributed by atoms with van der Waals surface area (Å²) in [5.74, 6) is -0.568. The fourth-order valence-electron chi connectivity index (χ4n) is 2.72. The second-order valence-electron chi connectivity index (χ2n) is 6.11. The topological polar surface area (TPSA) is 68.5 Å². The van der Waals surface area contributed by atoms with Gasteiger partial charge in [-0.25, -0.2) is 4.79 Å². The minimum atomic E-state index is -0.671. The van der Waals surface area contributed by atoms with Crippen molar-refractivity contribution in [2.24, 2.45) is 5.92 Å². The van der Waals surface area contributed by atoms with Crippen molar-refractivity contribution in [2.45, 2.75) is 33.7 Å². The Balaban J connectivity index is 2.88. The van der Waals surface area contributed by atoms with E-state index in [2.05, 4.69) is 0 Å². The molecule has 0 saturated carbocycles. The van der Waals surface area contributed by atoms with Crippen molar-refractivity contribution in [2.75, 3.05) is 13.2 Å². The molecule has 0 amide bonds. The fourth-order valence-corrected chi connectivity index (χ4v) is 2.89. The number of aliphatic hydroxyl groups excluding tert-OH is 1. The van der Waals surface area contributed by atoms with Crippen molar-refractivity contribution < 1.29 is 14.6 Å². The lowest BCUT2D eigenvalue weighted by Gasteiger charge is -2.25. The van der Waals surface area contributed by atoms with Gasteiger partial charge in [0.25, 0.3) is 0 Å². The van der Waals surface area contributed by atoms with E-state index in [-0.39, 0.29) is 30.7 Å². The second-order valence-corrected chi connectivity index (χ2v) is 6.52. The Morgan fingerprint density at radius 3 is 2.58 bits per heavy atom. The maximum absolute atomic E-state index is 12.7. The number of ether oxygens (including phenoxy) is 1. The summed E-state index contributed by atoms with van der Waals surface area (Å²) < 4.78 is 6.77. The number of carbonyl (C=O) groups is 1. The first-order valence-corrected chi connectivity index (χ1v) is 8.32. The maximum atomic E-state index is 12.7. The zero-order valence-electron chi connectivity index (χ0n) is 14.3. The average molecular weight is 352 g/mol. The van der Waals surface area contributed by atoms with Crippen LogP contribution in [0.15, 0.2) is 23.1 Å². The molecule has 6 heteroatoms. The predicted molar refractivity (Wildman–Crippen MR) is 94.9 cm³/mol. The Kier molecular flexibility index (Phi) is 5.67. The van der Waals surface area contributed by atoms with Gasteiger partial charge in [0.2, 0.25) is 5.43 Å². The van der Waals surface area contributed by atoms with Crippen LogP contribution in [0.4, 0.5) is 0 Å². The molecule has 1 aromatic carbocycles. The molecule has 1 heterocycles. The zero-order valence-corrected chi connectivity index (χ0v) is 15.1. The standard InChI is InChI=1S/C18H22ClNO4/c1-5-24-18(23)13-8-20(16(9-21)10(2)3)15-6-11(4)14(19)7-12(15)17(13)22/h6-8,10,16,21H,5,9H2,1-4H3/t16-/m1/s1. The van der Waals surface area contributed by atoms with Crippen LogP contribution >= 0.6 is 11.6 Å². The Labute approximate surface area is 145 Å². The van der Waals surface area contributed by atoms with E-state index in [1.54, 1.807) is 23.6 Å². The van der Waals surface area contributed by atoms with E-state index in [1.165, 1.54) is 6.20 Å². The summed E-state index contributed by atoms with van der Waals surface area (Å²) in [7, 11) is 0. The molecule has 0 fully saturated rings. The van der Waals surface area contributed by atoms with Crippen LogP contribution in [-0.4, -0.2) is 28.9 Å². The number of benzene rings is 1. The normalized spacial score (nSPS) is 12.6. The number of aliphatic hydroxyl groups is 1. The highest BCUT2D eigenvalue weighted by atomic mass is 35.5. The highest BCUT2D eigenvalue weighted by Gasteiger charge is 2.22. The molecule has 1 atom stereocenters. The van der Waals surface area contributed by atoms with Gasteiger partial charge in [-0.15, -0.1) is 0 Å². The van der Waals surface area contributed by atoms with E-state index in [0.29, 0.717) is 15.9 Å². The van der Waals surface area contributed by atoms with Crippen molar-refractivity contribution in [1.82, 2.24) is 4.57 Å². The number of hydrogen-bond acceptors (Lipinski definition) is 4. The Morgan fingerprint density at radius 1 is 1.38 bits per heavy atom. The number of carbonyl (C=O) groups excluding carboxylic acids is 1. The first-order valence-electron chi connectivity index (χ1n) is 7.94. The largest absolute Gasteiger partial charge is 0.462 e. The van der Waals surface area contributed by atoms with E-state index in [9.17, 15) is 14.7 Å². The van der Waals surface area contributed by atoms with Gasteiger partial charge in [0.05, 0.1) is 24.8 Å². The summed E-state index contributed by atoms with van der Waals surface area (Å²) in [6, 6.07) is 3.10. The van der Waals surface area contributed by atoms with Gasteiger partial charge in [-0.3, -0.25) is 4.79 Å². The fraction of sp³-hybridized carbons (Fsp3) is 0.444. The molecule has 0 unspecified atom stereocenters. The highest BCUT2D eigenvalue weighted by molar-refractivity contribution is 6.32. The predicted octanol–water partition coefficient (Wildman–Crippen LogP) is 3.33. The molecule has 0 radical (unpaired) electrons. The first kappa shape index (κ1) is 18.5. The minimum absolute atomic E-state index is 0.0524. The summed E-state index contributed by atoms with van der Waals surface area (Å²) in [5, 5.41) is 10.6. The van der Waals surface area contributed by atoms with Gasteiger partial charge >= 0.3 is 5.97 Å². The average Bonchev–Trinajstić information content (AvgIpc) is 2.52. The lowest BCUT2D eigenvalue weighted by molar-refractivity contribution is 0.0523. The van der Waals surface area contributed by atoms with Crippen LogP contribution < -0.4 is 5.43 Å². The van der Waals surface area contributed by atoms with Gasteiger partial charge in [0.1, 0.15) is 5.56 Å². The Bertz CT molecular complexity index is 826. The van der Waals surface area contributed by atoms with Gasteiger partial charge in [-0.1, -0.05) is 25.4 Å². The molecular formula is C18H22ClNO4. The molecule has 24 heavy (non-hydrogen) atoms. The molecular weight excluding hydrogens is 330 g/mol. The number of aryl methyl sites for hydroxylation is 1. The van der Waals surface area contributed by atoms with Crippen molar-refractivity contribution in [3.05, 3.63) is 44.7 Å². The third-order valence-electron chi connectivity index (χ3n) is 4.12. The van der Waals surface area contributed by atoms with Crippen molar-refractivity contribution >= 4 is 28.5 Å². The number of fused-ring (bicyclic) bond motifs is 1. The molecule has 0 saturated heterocycles. The summed E-state index contributed by atoms with van der Waals surface area (Å²) >= 11 is 6.17. The number of rotatable bonds is 5. The second kappa shape index (κ2) is 7.36. The number of nitrogens with zero attached hydrogens (tertiary/aromatic N) is 1. The lowest BCUT2D eigenvalue weighted by Crippen LogP contribution is -2.26. The zero-order chi connectivity index (χ0) is 18.0. The smallest absolute Gasteiger partial charge is 0.343 e. The molecule has 2 rings (SSSR count). The molecule has 2 aromatic rings. The van der Waals surface area contributed by atoms with E-state index in [1.807, 2.05) is 20.8 Å². The van der Waals surface area contributed by atoms with E-state index < -0.39 is 11.4 Å². The summed E-state index contributed by atoms with van der Waals surface area (Å²) in [6.07, 6.45) is 1.48. The summed E-state index contributed by atoms with van der Waals surface area (Å²) in [5.41, 5.74) is 0.995. The quantitative estimate of drug-likeness (QED) is 0.839. The van der Waals surface area contributed by atoms with Crippen LogP contribution in [0.2, 0.25) is 5.02 Å². The number of esters is 1. The summed E-state index contributed by atoms with van der Waals surface area (Å²) in [4.78, 5) is 24.9. The highest BCUT2D eigenvalue weighted by Crippen LogP contribution is 2.27. The van der Waals surface area contributed by atoms with Crippen molar-refractivity contribution in [1.29, 1.82) is 0 Å². The number of pyridine rings is 1.